The molecule has 1 aliphatic rings. The molecule has 2 aromatic rings. The molecule has 0 aliphatic carbocycles. The number of morpholine rings is 1. The molecule has 24 heavy (non-hydrogen) atoms. The molecule has 1 fully saturated rings. The van der Waals surface area contributed by atoms with Crippen LogP contribution in [0.1, 0.15) is 18.1 Å². The number of aryl methyl sites for hydroxylation is 1. The third-order valence-electron chi connectivity index (χ3n) is 4.55. The predicted octanol–water partition coefficient (Wildman–Crippen LogP) is 2.18. The SMILES string of the molecule is COc1cccc(CN2CCO[C@](C)(c3cnn(C)c3)C2)c1OC. The van der Waals surface area contributed by atoms with E-state index in [0.29, 0.717) is 6.61 Å². The molecule has 0 N–H and O–H groups in total. The van der Waals surface area contributed by atoms with E-state index in [4.69, 9.17) is 14.2 Å². The Kier molecular flexibility index (Phi) is 4.78. The number of hydrogen-bond acceptors (Lipinski definition) is 5. The summed E-state index contributed by atoms with van der Waals surface area (Å²) in [4.78, 5) is 2.38. The lowest BCUT2D eigenvalue weighted by Crippen LogP contribution is -2.47. The van der Waals surface area contributed by atoms with Crippen LogP contribution in [-0.2, 0) is 23.9 Å². The van der Waals surface area contributed by atoms with Gasteiger partial charge >= 0.3 is 0 Å². The van der Waals surface area contributed by atoms with E-state index in [1.54, 1.807) is 14.2 Å². The zero-order chi connectivity index (χ0) is 17.2. The largest absolute Gasteiger partial charge is 0.493 e. The molecule has 3 rings (SSSR count). The van der Waals surface area contributed by atoms with Crippen molar-refractivity contribution in [2.45, 2.75) is 19.1 Å². The van der Waals surface area contributed by atoms with Crippen LogP contribution in [0, 0.1) is 0 Å². The molecular weight excluding hydrogens is 306 g/mol. The summed E-state index contributed by atoms with van der Waals surface area (Å²) in [5.74, 6) is 1.56. The number of rotatable bonds is 5. The van der Waals surface area contributed by atoms with Crippen LogP contribution in [-0.4, -0.2) is 48.6 Å². The van der Waals surface area contributed by atoms with Crippen LogP contribution >= 0.6 is 0 Å². The topological polar surface area (TPSA) is 48.8 Å². The Hall–Kier alpha value is -2.05. The van der Waals surface area contributed by atoms with E-state index in [1.165, 1.54) is 0 Å². The lowest BCUT2D eigenvalue weighted by atomic mass is 9.96. The van der Waals surface area contributed by atoms with Gasteiger partial charge in [0.1, 0.15) is 5.60 Å². The van der Waals surface area contributed by atoms with Gasteiger partial charge in [0.25, 0.3) is 0 Å². The number of para-hydroxylation sites is 1. The molecule has 130 valence electrons. The van der Waals surface area contributed by atoms with Crippen molar-refractivity contribution >= 4 is 0 Å². The Morgan fingerprint density at radius 1 is 1.29 bits per heavy atom. The standard InChI is InChI=1S/C18H25N3O3/c1-18(15-10-19-20(2)12-15)13-21(8-9-24-18)11-14-6-5-7-16(22-3)17(14)23-4/h5-7,10,12H,8-9,11,13H2,1-4H3/t18-/m0/s1. The van der Waals surface area contributed by atoms with Crippen LogP contribution in [0.25, 0.3) is 0 Å². The first-order valence-corrected chi connectivity index (χ1v) is 8.11. The van der Waals surface area contributed by atoms with Crippen molar-refractivity contribution in [3.8, 4) is 11.5 Å². The van der Waals surface area contributed by atoms with Crippen molar-refractivity contribution in [3.05, 3.63) is 41.7 Å². The highest BCUT2D eigenvalue weighted by Gasteiger charge is 2.35. The van der Waals surface area contributed by atoms with Crippen molar-refractivity contribution in [3.63, 3.8) is 0 Å². The minimum Gasteiger partial charge on any atom is -0.493 e. The van der Waals surface area contributed by atoms with Gasteiger partial charge in [-0.3, -0.25) is 9.58 Å². The molecule has 1 aromatic heterocycles. The molecule has 2 heterocycles. The molecule has 0 bridgehead atoms. The molecule has 1 aliphatic heterocycles. The number of methoxy groups -OCH3 is 2. The number of nitrogens with zero attached hydrogens (tertiary/aromatic N) is 3. The van der Waals surface area contributed by atoms with E-state index in [-0.39, 0.29) is 5.60 Å². The maximum absolute atomic E-state index is 6.08. The fourth-order valence-corrected chi connectivity index (χ4v) is 3.27. The smallest absolute Gasteiger partial charge is 0.165 e. The summed E-state index contributed by atoms with van der Waals surface area (Å²) >= 11 is 0. The first kappa shape index (κ1) is 16.8. The third-order valence-corrected chi connectivity index (χ3v) is 4.55. The molecule has 1 atom stereocenters. The van der Waals surface area contributed by atoms with Crippen molar-refractivity contribution < 1.29 is 14.2 Å². The van der Waals surface area contributed by atoms with Crippen molar-refractivity contribution in [1.29, 1.82) is 0 Å². The van der Waals surface area contributed by atoms with Gasteiger partial charge in [-0.25, -0.2) is 0 Å². The van der Waals surface area contributed by atoms with E-state index in [1.807, 2.05) is 36.3 Å². The summed E-state index contributed by atoms with van der Waals surface area (Å²) in [6.07, 6.45) is 3.91. The number of ether oxygens (including phenoxy) is 3. The quantitative estimate of drug-likeness (QED) is 0.840. The highest BCUT2D eigenvalue weighted by molar-refractivity contribution is 5.46. The van der Waals surface area contributed by atoms with E-state index < -0.39 is 0 Å². The highest BCUT2D eigenvalue weighted by atomic mass is 16.5. The molecule has 0 spiro atoms. The maximum Gasteiger partial charge on any atom is 0.165 e. The van der Waals surface area contributed by atoms with Crippen molar-refractivity contribution in [2.24, 2.45) is 7.05 Å². The van der Waals surface area contributed by atoms with Gasteiger partial charge in [-0.15, -0.1) is 0 Å². The van der Waals surface area contributed by atoms with E-state index in [9.17, 15) is 0 Å². The van der Waals surface area contributed by atoms with E-state index >= 15 is 0 Å². The summed E-state index contributed by atoms with van der Waals surface area (Å²) in [5, 5.41) is 4.28. The van der Waals surface area contributed by atoms with Crippen molar-refractivity contribution in [1.82, 2.24) is 14.7 Å². The predicted molar refractivity (Wildman–Crippen MR) is 91.3 cm³/mol. The lowest BCUT2D eigenvalue weighted by molar-refractivity contribution is -0.105. The Balaban J connectivity index is 1.79. The molecule has 0 radical (unpaired) electrons. The van der Waals surface area contributed by atoms with Gasteiger partial charge in [-0.2, -0.15) is 5.10 Å². The molecule has 1 aromatic carbocycles. The van der Waals surface area contributed by atoms with Crippen molar-refractivity contribution in [2.75, 3.05) is 33.9 Å². The molecule has 6 nitrogen and oxygen atoms in total. The summed E-state index contributed by atoms with van der Waals surface area (Å²) in [6.45, 7) is 5.30. The number of aromatic nitrogens is 2. The van der Waals surface area contributed by atoms with Gasteiger partial charge in [-0.1, -0.05) is 12.1 Å². The zero-order valence-electron chi connectivity index (χ0n) is 14.8. The van der Waals surface area contributed by atoms with Gasteiger partial charge in [0.05, 0.1) is 27.0 Å². The Labute approximate surface area is 142 Å². The van der Waals surface area contributed by atoms with E-state index in [0.717, 1.165) is 42.3 Å². The molecule has 6 heteroatoms. The molecular formula is C18H25N3O3. The maximum atomic E-state index is 6.08. The lowest BCUT2D eigenvalue weighted by Gasteiger charge is -2.40. The molecule has 0 amide bonds. The second-order valence-electron chi connectivity index (χ2n) is 6.35. The summed E-state index contributed by atoms with van der Waals surface area (Å²) in [5.41, 5.74) is 1.87. The van der Waals surface area contributed by atoms with Gasteiger partial charge in [0.15, 0.2) is 11.5 Å². The minimum atomic E-state index is -0.349. The van der Waals surface area contributed by atoms with Gasteiger partial charge in [-0.05, 0) is 13.0 Å². The summed E-state index contributed by atoms with van der Waals surface area (Å²) < 4.78 is 18.8. The minimum absolute atomic E-state index is 0.349. The zero-order valence-corrected chi connectivity index (χ0v) is 14.8. The van der Waals surface area contributed by atoms with Gasteiger partial charge < -0.3 is 14.2 Å². The fourth-order valence-electron chi connectivity index (χ4n) is 3.27. The fraction of sp³-hybridized carbons (Fsp3) is 0.500. The first-order valence-electron chi connectivity index (χ1n) is 8.11. The Bertz CT molecular complexity index is 701. The van der Waals surface area contributed by atoms with Gasteiger partial charge in [0.2, 0.25) is 0 Å². The van der Waals surface area contributed by atoms with Crippen LogP contribution < -0.4 is 9.47 Å². The molecule has 1 saturated heterocycles. The summed E-state index contributed by atoms with van der Waals surface area (Å²) in [7, 11) is 5.27. The van der Waals surface area contributed by atoms with Gasteiger partial charge in [0, 0.05) is 44.0 Å². The van der Waals surface area contributed by atoms with Crippen LogP contribution in [0.4, 0.5) is 0 Å². The number of benzene rings is 1. The second kappa shape index (κ2) is 6.83. The highest BCUT2D eigenvalue weighted by Crippen LogP contribution is 2.34. The van der Waals surface area contributed by atoms with Crippen LogP contribution in [0.15, 0.2) is 30.6 Å². The number of hydrogen-bond donors (Lipinski definition) is 0. The normalized spacial score (nSPS) is 21.7. The van der Waals surface area contributed by atoms with Crippen LogP contribution in [0.5, 0.6) is 11.5 Å². The second-order valence-corrected chi connectivity index (χ2v) is 6.35. The first-order chi connectivity index (χ1) is 11.6. The summed E-state index contributed by atoms with van der Waals surface area (Å²) in [6, 6.07) is 6.00. The molecule has 0 unspecified atom stereocenters. The Morgan fingerprint density at radius 2 is 2.12 bits per heavy atom. The molecule has 0 saturated carbocycles. The van der Waals surface area contributed by atoms with Crippen LogP contribution in [0.2, 0.25) is 0 Å². The average Bonchev–Trinajstić information content (AvgIpc) is 3.02. The third kappa shape index (κ3) is 3.25. The monoisotopic (exact) mass is 331 g/mol. The van der Waals surface area contributed by atoms with Crippen LogP contribution in [0.3, 0.4) is 0 Å². The Morgan fingerprint density at radius 3 is 2.79 bits per heavy atom. The van der Waals surface area contributed by atoms with E-state index in [2.05, 4.69) is 23.0 Å². The average molecular weight is 331 g/mol.